The van der Waals surface area contributed by atoms with Gasteiger partial charge in [-0.3, -0.25) is 14.2 Å². The molecule has 0 aromatic carbocycles. The lowest BCUT2D eigenvalue weighted by Gasteiger charge is -2.30. The van der Waals surface area contributed by atoms with Crippen molar-refractivity contribution in [3.05, 3.63) is 72.9 Å². The minimum Gasteiger partial charge on any atom is -0.756 e. The van der Waals surface area contributed by atoms with Crippen LogP contribution < -0.4 is 10.2 Å². The summed E-state index contributed by atoms with van der Waals surface area (Å²) in [6.45, 7) is 6.83. The Morgan fingerprint density at radius 2 is 0.685 bits per heavy atom. The summed E-state index contributed by atoms with van der Waals surface area (Å²) in [6.07, 6.45) is 90.4. The van der Waals surface area contributed by atoms with E-state index in [9.17, 15) is 19.0 Å². The molecule has 0 spiro atoms. The molecule has 1 amide bonds. The van der Waals surface area contributed by atoms with Crippen LogP contribution in [0.4, 0.5) is 0 Å². The number of allylic oxidation sites excluding steroid dienone is 11. The topological polar surface area (TPSA) is 114 Å². The highest BCUT2D eigenvalue weighted by atomic mass is 31.2. The number of quaternary nitrogens is 1. The number of nitrogens with zero attached hydrogens (tertiary/aromatic N) is 1. The van der Waals surface area contributed by atoms with Gasteiger partial charge in [0.2, 0.25) is 5.91 Å². The second kappa shape index (κ2) is 68.3. The van der Waals surface area contributed by atoms with Crippen molar-refractivity contribution in [3.8, 4) is 0 Å². The first-order valence-electron chi connectivity index (χ1n) is 38.2. The van der Waals surface area contributed by atoms with Crippen LogP contribution in [0.15, 0.2) is 72.9 Å². The van der Waals surface area contributed by atoms with Crippen molar-refractivity contribution in [3.63, 3.8) is 0 Å². The van der Waals surface area contributed by atoms with Crippen molar-refractivity contribution in [1.29, 1.82) is 0 Å². The van der Waals surface area contributed by atoms with Crippen LogP contribution in [0.1, 0.15) is 367 Å². The van der Waals surface area contributed by atoms with E-state index < -0.39 is 20.0 Å². The highest BCUT2D eigenvalue weighted by Crippen LogP contribution is 2.38. The molecule has 0 aliphatic carbocycles. The van der Waals surface area contributed by atoms with Crippen molar-refractivity contribution < 1.29 is 37.3 Å². The summed E-state index contributed by atoms with van der Waals surface area (Å²) in [5.74, 6) is -0.529. The van der Waals surface area contributed by atoms with Crippen molar-refractivity contribution >= 4 is 19.7 Å². The number of phosphoric acid groups is 1. The number of carbonyl (C=O) groups excluding carboxylic acids is 2. The van der Waals surface area contributed by atoms with Gasteiger partial charge in [-0.1, -0.05) is 325 Å². The molecule has 0 aromatic heterocycles. The van der Waals surface area contributed by atoms with Gasteiger partial charge in [-0.05, 0) is 102 Å². The third-order valence-electron chi connectivity index (χ3n) is 17.1. The van der Waals surface area contributed by atoms with Gasteiger partial charge < -0.3 is 28.5 Å². The van der Waals surface area contributed by atoms with Crippen molar-refractivity contribution in [2.45, 2.75) is 380 Å². The first-order valence-corrected chi connectivity index (χ1v) is 39.7. The molecule has 0 heterocycles. The Bertz CT molecular complexity index is 1750. The fourth-order valence-corrected chi connectivity index (χ4v) is 11.9. The van der Waals surface area contributed by atoms with Crippen molar-refractivity contribution in [2.75, 3.05) is 40.9 Å². The van der Waals surface area contributed by atoms with Crippen LogP contribution in [0.5, 0.6) is 0 Å². The molecule has 10 heteroatoms. The molecule has 0 fully saturated rings. The van der Waals surface area contributed by atoms with Gasteiger partial charge >= 0.3 is 5.97 Å². The van der Waals surface area contributed by atoms with Crippen LogP contribution >= 0.6 is 7.82 Å². The van der Waals surface area contributed by atoms with Gasteiger partial charge in [-0.25, -0.2) is 0 Å². The summed E-state index contributed by atoms with van der Waals surface area (Å²) < 4.78 is 30.5. The molecule has 9 nitrogen and oxygen atoms in total. The van der Waals surface area contributed by atoms with Gasteiger partial charge in [-0.2, -0.15) is 0 Å². The van der Waals surface area contributed by atoms with Gasteiger partial charge in [0.05, 0.1) is 33.8 Å². The van der Waals surface area contributed by atoms with Crippen LogP contribution in [-0.2, 0) is 27.9 Å². The summed E-state index contributed by atoms with van der Waals surface area (Å²) in [6, 6.07) is -0.891. The molecule has 0 aliphatic rings. The number of unbranched alkanes of at least 4 members (excludes halogenated alkanes) is 44. The largest absolute Gasteiger partial charge is 0.756 e. The molecule has 0 rings (SSSR count). The Morgan fingerprint density at radius 3 is 1.04 bits per heavy atom. The van der Waals surface area contributed by atoms with Gasteiger partial charge in [0.1, 0.15) is 19.3 Å². The molecule has 0 saturated carbocycles. The zero-order valence-corrected chi connectivity index (χ0v) is 60.5. The van der Waals surface area contributed by atoms with E-state index in [0.29, 0.717) is 17.4 Å². The number of hydrogen-bond donors (Lipinski definition) is 1. The number of amides is 1. The Morgan fingerprint density at radius 1 is 0.393 bits per heavy atom. The number of esters is 1. The molecule has 0 radical (unpaired) electrons. The van der Waals surface area contributed by atoms with Gasteiger partial charge in [0.25, 0.3) is 7.82 Å². The Labute approximate surface area is 553 Å². The van der Waals surface area contributed by atoms with Gasteiger partial charge in [0.15, 0.2) is 0 Å². The lowest BCUT2D eigenvalue weighted by atomic mass is 10.0. The summed E-state index contributed by atoms with van der Waals surface area (Å²) in [5, 5.41) is 3.05. The first-order chi connectivity index (χ1) is 43.4. The van der Waals surface area contributed by atoms with Crippen LogP contribution in [-0.4, -0.2) is 69.4 Å². The SMILES string of the molecule is CCCCC/C=C\C/C=C\C/C=C\CCCCCCCCCCCCCCC(=O)NC(COP(=O)([O-])OCC[N+](C)(C)C)C(/C=C/CCCCCCCCCCC)OC(=O)CCCCCCCCCCCCCCCCCCC/C=C\C/C=C\CCCCC. The lowest BCUT2D eigenvalue weighted by molar-refractivity contribution is -0.870. The van der Waals surface area contributed by atoms with Crippen LogP contribution in [0.2, 0.25) is 0 Å². The second-order valence-corrected chi connectivity index (χ2v) is 28.6. The number of nitrogens with one attached hydrogen (secondary N) is 1. The Balaban J connectivity index is 4.91. The van der Waals surface area contributed by atoms with Crippen LogP contribution in [0, 0.1) is 0 Å². The van der Waals surface area contributed by atoms with E-state index in [1.807, 2.05) is 33.3 Å². The summed E-state index contributed by atoms with van der Waals surface area (Å²) >= 11 is 0. The second-order valence-electron chi connectivity index (χ2n) is 27.1. The third-order valence-corrected chi connectivity index (χ3v) is 18.1. The molecular formula is C79H147N2O7P. The van der Waals surface area contributed by atoms with E-state index >= 15 is 0 Å². The molecule has 3 unspecified atom stereocenters. The smallest absolute Gasteiger partial charge is 0.306 e. The van der Waals surface area contributed by atoms with E-state index in [1.165, 1.54) is 257 Å². The molecule has 0 aliphatic heterocycles. The molecule has 1 N–H and O–H groups in total. The minimum absolute atomic E-state index is 0.0228. The predicted molar refractivity (Wildman–Crippen MR) is 385 cm³/mol. The van der Waals surface area contributed by atoms with Crippen LogP contribution in [0.25, 0.3) is 0 Å². The molecular weight excluding hydrogens is 1120 g/mol. The summed E-state index contributed by atoms with van der Waals surface area (Å²) in [4.78, 5) is 40.3. The third kappa shape index (κ3) is 69.6. The number of rotatable bonds is 70. The van der Waals surface area contributed by atoms with E-state index in [-0.39, 0.29) is 31.5 Å². The zero-order valence-electron chi connectivity index (χ0n) is 59.6. The lowest BCUT2D eigenvalue weighted by Crippen LogP contribution is -2.47. The molecule has 0 saturated heterocycles. The summed E-state index contributed by atoms with van der Waals surface area (Å²) in [7, 11) is 1.19. The normalized spacial score (nSPS) is 13.8. The first kappa shape index (κ1) is 86.5. The predicted octanol–water partition coefficient (Wildman–Crippen LogP) is 24.1. The molecule has 520 valence electrons. The molecule has 0 bridgehead atoms. The summed E-state index contributed by atoms with van der Waals surface area (Å²) in [5.41, 5.74) is 0. The quantitative estimate of drug-likeness (QED) is 0.0212. The monoisotopic (exact) mass is 1270 g/mol. The number of hydrogen-bond acceptors (Lipinski definition) is 7. The fourth-order valence-electron chi connectivity index (χ4n) is 11.2. The van der Waals surface area contributed by atoms with Crippen molar-refractivity contribution in [1.82, 2.24) is 5.32 Å². The Kier molecular flexibility index (Phi) is 66.4. The molecule has 89 heavy (non-hydrogen) atoms. The van der Waals surface area contributed by atoms with E-state index in [2.05, 4.69) is 86.8 Å². The van der Waals surface area contributed by atoms with Crippen LogP contribution in [0.3, 0.4) is 0 Å². The van der Waals surface area contributed by atoms with E-state index in [0.717, 1.165) is 77.0 Å². The average molecular weight is 1270 g/mol. The van der Waals surface area contributed by atoms with E-state index in [4.69, 9.17) is 13.8 Å². The zero-order chi connectivity index (χ0) is 64.9. The highest BCUT2D eigenvalue weighted by Gasteiger charge is 2.27. The maximum atomic E-state index is 13.6. The van der Waals surface area contributed by atoms with Crippen molar-refractivity contribution in [2.24, 2.45) is 0 Å². The highest BCUT2D eigenvalue weighted by molar-refractivity contribution is 7.45. The standard InChI is InChI=1S/C79H147N2O7P/c1-7-10-13-16-19-22-25-27-29-31-33-35-37-39-40-42-44-46-48-50-52-54-57-60-63-66-69-72-79(83)88-77(70-67-64-61-58-55-24-21-18-15-12-9-3)76(75-87-89(84,85)86-74-73-81(4,5)6)80-78(82)71-68-65-62-59-56-53-51-49-47-45-43-41-38-36-34-32-30-28-26-23-20-17-14-11-8-2/h19-20,22-23,27-30,34,36,67,70,76-77H,7-18,21,24-26,31-33,35,37-66,68-69,71-75H2,1-6H3,(H-,80,82,84,85)/b22-19-,23-20-,29-27-,30-28-,36-34-,70-67+. The number of phosphoric ester groups is 1. The maximum Gasteiger partial charge on any atom is 0.306 e. The Hall–Kier alpha value is -2.55. The van der Waals surface area contributed by atoms with E-state index in [1.54, 1.807) is 0 Å². The average Bonchev–Trinajstić information content (AvgIpc) is 3.62. The minimum atomic E-state index is -4.71. The maximum absolute atomic E-state index is 13.6. The number of ether oxygens (including phenoxy) is 1. The van der Waals surface area contributed by atoms with Gasteiger partial charge in [-0.15, -0.1) is 0 Å². The number of likely N-dealkylation sites (N-methyl/N-ethyl adjacent to an activating group) is 1. The molecule has 3 atom stereocenters. The molecule has 0 aromatic rings. The fraction of sp³-hybridized carbons (Fsp3) is 0.823. The van der Waals surface area contributed by atoms with Gasteiger partial charge in [0, 0.05) is 12.8 Å². The number of carbonyl (C=O) groups is 2.